The predicted octanol–water partition coefficient (Wildman–Crippen LogP) is 4.26. The fourth-order valence-electron chi connectivity index (χ4n) is 5.04. The summed E-state index contributed by atoms with van der Waals surface area (Å²) in [6.45, 7) is 8.04. The van der Waals surface area contributed by atoms with Gasteiger partial charge in [-0.15, -0.1) is 0 Å². The van der Waals surface area contributed by atoms with Crippen LogP contribution in [0.3, 0.4) is 0 Å². The normalized spacial score (nSPS) is 16.0. The monoisotopic (exact) mass is 498 g/mol. The molecule has 5 aromatic rings. The van der Waals surface area contributed by atoms with Crippen molar-refractivity contribution in [2.75, 3.05) is 24.7 Å². The van der Waals surface area contributed by atoms with Crippen LogP contribution in [-0.2, 0) is 11.8 Å². The highest BCUT2D eigenvalue weighted by Gasteiger charge is 2.25. The van der Waals surface area contributed by atoms with Crippen molar-refractivity contribution in [2.45, 2.75) is 26.8 Å². The van der Waals surface area contributed by atoms with Crippen molar-refractivity contribution in [1.29, 1.82) is 0 Å². The number of fused-ring (bicyclic) bond motifs is 1. The fourth-order valence-corrected chi connectivity index (χ4v) is 5.04. The maximum absolute atomic E-state index is 13.9. The first-order valence-electron chi connectivity index (χ1n) is 12.2. The van der Waals surface area contributed by atoms with Crippen LogP contribution in [0, 0.1) is 19.7 Å². The number of halogens is 1. The molecule has 0 saturated carbocycles. The molecule has 0 spiro atoms. The number of anilines is 1. The minimum atomic E-state index is -0.413. The number of aryl methyl sites for hydroxylation is 2. The topological polar surface area (TPSA) is 86.8 Å². The maximum atomic E-state index is 13.9. The molecule has 37 heavy (non-hydrogen) atoms. The van der Waals surface area contributed by atoms with E-state index in [2.05, 4.69) is 21.8 Å². The van der Waals surface area contributed by atoms with Gasteiger partial charge in [-0.05, 0) is 32.9 Å². The third-order valence-corrected chi connectivity index (χ3v) is 6.87. The molecule has 6 heterocycles. The minimum absolute atomic E-state index is 0.168. The fraction of sp³-hybridized carbons (Fsp3) is 0.296. The molecule has 1 fully saturated rings. The second kappa shape index (κ2) is 9.04. The number of nitrogens with zero attached hydrogens (tertiary/aromatic N) is 8. The zero-order chi connectivity index (χ0) is 25.7. The van der Waals surface area contributed by atoms with Crippen LogP contribution in [0.4, 0.5) is 10.2 Å². The van der Waals surface area contributed by atoms with Crippen LogP contribution >= 0.6 is 0 Å². The van der Waals surface area contributed by atoms with Gasteiger partial charge in [0.05, 0.1) is 54.4 Å². The summed E-state index contributed by atoms with van der Waals surface area (Å²) in [4.78, 5) is 20.9. The van der Waals surface area contributed by atoms with E-state index in [9.17, 15) is 4.39 Å². The summed E-state index contributed by atoms with van der Waals surface area (Å²) in [6.07, 6.45) is 6.56. The van der Waals surface area contributed by atoms with E-state index in [0.717, 1.165) is 51.6 Å². The Balaban J connectivity index is 1.56. The molecule has 6 rings (SSSR count). The van der Waals surface area contributed by atoms with Crippen LogP contribution < -0.4 is 4.90 Å². The number of hydrogen-bond acceptors (Lipinski definition) is 7. The molecule has 0 unspecified atom stereocenters. The molecular weight excluding hydrogens is 471 g/mol. The van der Waals surface area contributed by atoms with E-state index in [1.165, 1.54) is 12.3 Å². The number of hydrogen-bond donors (Lipinski definition) is 0. The van der Waals surface area contributed by atoms with Gasteiger partial charge in [-0.2, -0.15) is 5.10 Å². The first kappa shape index (κ1) is 23.2. The van der Waals surface area contributed by atoms with Gasteiger partial charge < -0.3 is 14.2 Å². The molecule has 0 bridgehead atoms. The van der Waals surface area contributed by atoms with Crippen LogP contribution in [0.5, 0.6) is 0 Å². The smallest absolute Gasteiger partial charge is 0.162 e. The number of pyridine rings is 2. The van der Waals surface area contributed by atoms with E-state index in [0.29, 0.717) is 24.7 Å². The Morgan fingerprint density at radius 3 is 2.78 bits per heavy atom. The highest BCUT2D eigenvalue weighted by molar-refractivity contribution is 5.92. The lowest BCUT2D eigenvalue weighted by Crippen LogP contribution is -2.44. The van der Waals surface area contributed by atoms with E-state index in [1.54, 1.807) is 17.1 Å². The summed E-state index contributed by atoms with van der Waals surface area (Å²) in [7, 11) is 1.97. The van der Waals surface area contributed by atoms with Crippen molar-refractivity contribution in [3.05, 3.63) is 66.3 Å². The van der Waals surface area contributed by atoms with Gasteiger partial charge in [0.2, 0.25) is 0 Å². The van der Waals surface area contributed by atoms with Crippen molar-refractivity contribution >= 4 is 16.9 Å². The summed E-state index contributed by atoms with van der Waals surface area (Å²) in [5.74, 6) is 1.03. The largest absolute Gasteiger partial charge is 0.377 e. The minimum Gasteiger partial charge on any atom is -0.377 e. The zero-order valence-electron chi connectivity index (χ0n) is 21.2. The highest BCUT2D eigenvalue weighted by Crippen LogP contribution is 2.34. The molecule has 1 aliphatic rings. The van der Waals surface area contributed by atoms with E-state index in [-0.39, 0.29) is 6.04 Å². The molecule has 5 aromatic heterocycles. The van der Waals surface area contributed by atoms with Gasteiger partial charge in [0.15, 0.2) is 5.82 Å². The van der Waals surface area contributed by atoms with Crippen molar-refractivity contribution in [2.24, 2.45) is 7.05 Å². The molecular formula is C27H27FN8O. The summed E-state index contributed by atoms with van der Waals surface area (Å²) in [6, 6.07) is 7.60. The van der Waals surface area contributed by atoms with Crippen LogP contribution in [-0.4, -0.2) is 60.1 Å². The first-order chi connectivity index (χ1) is 17.9. The Morgan fingerprint density at radius 2 is 1.97 bits per heavy atom. The number of ether oxygens (including phenoxy) is 1. The zero-order valence-corrected chi connectivity index (χ0v) is 21.2. The molecule has 1 aliphatic heterocycles. The Morgan fingerprint density at radius 1 is 1.11 bits per heavy atom. The molecule has 0 N–H and O–H groups in total. The van der Waals surface area contributed by atoms with Crippen LogP contribution in [0.25, 0.3) is 39.4 Å². The third-order valence-electron chi connectivity index (χ3n) is 6.87. The van der Waals surface area contributed by atoms with E-state index < -0.39 is 5.82 Å². The molecule has 9 nitrogen and oxygen atoms in total. The average molecular weight is 499 g/mol. The lowest BCUT2D eigenvalue weighted by Gasteiger charge is -2.34. The van der Waals surface area contributed by atoms with Crippen LogP contribution in [0.1, 0.15) is 18.3 Å². The van der Waals surface area contributed by atoms with Crippen LogP contribution in [0.15, 0.2) is 49.1 Å². The van der Waals surface area contributed by atoms with Crippen molar-refractivity contribution in [3.63, 3.8) is 0 Å². The van der Waals surface area contributed by atoms with Crippen molar-refractivity contribution in [1.82, 2.24) is 34.3 Å². The molecule has 1 atom stereocenters. The number of morpholine rings is 1. The van der Waals surface area contributed by atoms with E-state index >= 15 is 0 Å². The molecule has 10 heteroatoms. The van der Waals surface area contributed by atoms with Gasteiger partial charge in [0.25, 0.3) is 0 Å². The molecule has 0 amide bonds. The summed E-state index contributed by atoms with van der Waals surface area (Å²) >= 11 is 0. The van der Waals surface area contributed by atoms with Crippen LogP contribution in [0.2, 0.25) is 0 Å². The highest BCUT2D eigenvalue weighted by atomic mass is 19.1. The SMILES string of the molecule is Cc1nn(-c2cncc(F)c2)c(C)c1-c1cc(N2CCOC[C@H]2C)nc(-c2ccnc3c2ccn3C)n1. The van der Waals surface area contributed by atoms with Crippen molar-refractivity contribution in [3.8, 4) is 28.3 Å². The van der Waals surface area contributed by atoms with Gasteiger partial charge >= 0.3 is 0 Å². The van der Waals surface area contributed by atoms with Crippen molar-refractivity contribution < 1.29 is 9.13 Å². The van der Waals surface area contributed by atoms with Gasteiger partial charge in [0.1, 0.15) is 17.3 Å². The lowest BCUT2D eigenvalue weighted by molar-refractivity contribution is 0.0985. The molecule has 0 aliphatic carbocycles. The molecule has 0 aromatic carbocycles. The standard InChI is InChI=1S/C27H27FN8O/c1-16-15-37-10-9-35(16)24-12-23(25-17(2)33-36(18(25)3)20-11-19(28)13-29-14-20)31-26(32-24)21-5-7-30-27-22(21)6-8-34(27)4/h5-8,11-14,16H,9-10,15H2,1-4H3/t16-/m1/s1. The molecule has 1 saturated heterocycles. The van der Waals surface area contributed by atoms with Gasteiger partial charge in [-0.1, -0.05) is 0 Å². The summed E-state index contributed by atoms with van der Waals surface area (Å²) < 4.78 is 23.3. The molecule has 188 valence electrons. The Hall–Kier alpha value is -4.18. The quantitative estimate of drug-likeness (QED) is 0.366. The molecule has 0 radical (unpaired) electrons. The van der Waals surface area contributed by atoms with Gasteiger partial charge in [-0.25, -0.2) is 24.0 Å². The Kier molecular flexibility index (Phi) is 5.68. The lowest BCUT2D eigenvalue weighted by atomic mass is 10.1. The number of rotatable bonds is 4. The average Bonchev–Trinajstić information content (AvgIpc) is 3.42. The summed E-state index contributed by atoms with van der Waals surface area (Å²) in [5.41, 5.74) is 5.60. The Bertz CT molecular complexity index is 1620. The van der Waals surface area contributed by atoms with Gasteiger partial charge in [0, 0.05) is 54.6 Å². The third kappa shape index (κ3) is 4.03. The number of aromatic nitrogens is 7. The van der Waals surface area contributed by atoms with E-state index in [4.69, 9.17) is 19.8 Å². The van der Waals surface area contributed by atoms with E-state index in [1.807, 2.05) is 49.9 Å². The predicted molar refractivity (Wildman–Crippen MR) is 139 cm³/mol. The Labute approximate surface area is 213 Å². The first-order valence-corrected chi connectivity index (χ1v) is 12.2. The van der Waals surface area contributed by atoms with Gasteiger partial charge in [-0.3, -0.25) is 4.98 Å². The second-order valence-corrected chi connectivity index (χ2v) is 9.39. The maximum Gasteiger partial charge on any atom is 0.162 e. The summed E-state index contributed by atoms with van der Waals surface area (Å²) in [5, 5.41) is 5.70. The second-order valence-electron chi connectivity index (χ2n) is 9.39.